The summed E-state index contributed by atoms with van der Waals surface area (Å²) < 4.78 is 27.5. The lowest BCUT2D eigenvalue weighted by molar-refractivity contribution is 0.0363. The number of hydrogen-bond donors (Lipinski definition) is 3. The molecule has 0 spiro atoms. The maximum Gasteiger partial charge on any atom is 0.144 e. The second kappa shape index (κ2) is 9.09. The molecule has 9 heteroatoms. The fourth-order valence-corrected chi connectivity index (χ4v) is 5.49. The van der Waals surface area contributed by atoms with E-state index in [0.29, 0.717) is 43.7 Å². The van der Waals surface area contributed by atoms with Crippen LogP contribution in [0.2, 0.25) is 0 Å². The van der Waals surface area contributed by atoms with Gasteiger partial charge in [-0.2, -0.15) is 0 Å². The number of nitrogen functional groups attached to an aromatic ring is 1. The Morgan fingerprint density at radius 2 is 2.00 bits per heavy atom. The number of nitrogens with one attached hydrogen (secondary N) is 2. The number of fused-ring (bicyclic) bond motifs is 1. The van der Waals surface area contributed by atoms with Gasteiger partial charge < -0.3 is 16.5 Å². The van der Waals surface area contributed by atoms with Gasteiger partial charge in [-0.05, 0) is 56.7 Å². The van der Waals surface area contributed by atoms with Crippen LogP contribution in [0.5, 0.6) is 0 Å². The molecule has 1 aromatic heterocycles. The van der Waals surface area contributed by atoms with Crippen molar-refractivity contribution in [1.82, 2.24) is 19.8 Å². The Labute approximate surface area is 205 Å². The van der Waals surface area contributed by atoms with Gasteiger partial charge in [0.25, 0.3) is 0 Å². The van der Waals surface area contributed by atoms with E-state index in [1.54, 1.807) is 12.4 Å². The molecule has 2 fully saturated rings. The minimum Gasteiger partial charge on any atom is -0.398 e. The average Bonchev–Trinajstić information content (AvgIpc) is 3.53. The van der Waals surface area contributed by atoms with Crippen LogP contribution in [0, 0.1) is 5.41 Å². The normalized spacial score (nSPS) is 23.4. The molecule has 5 rings (SSSR count). The van der Waals surface area contributed by atoms with Crippen LogP contribution >= 0.6 is 0 Å². The maximum absolute atomic E-state index is 15.1. The summed E-state index contributed by atoms with van der Waals surface area (Å²) in [6.07, 6.45) is 7.28. The van der Waals surface area contributed by atoms with Crippen LogP contribution in [0.4, 0.5) is 20.3 Å². The molecule has 7 nitrogen and oxygen atoms in total. The third-order valence-electron chi connectivity index (χ3n) is 7.68. The fourth-order valence-electron chi connectivity index (χ4n) is 5.49. The van der Waals surface area contributed by atoms with Crippen LogP contribution in [0.25, 0.3) is 0 Å². The van der Waals surface area contributed by atoms with E-state index in [2.05, 4.69) is 33.9 Å². The molecular formula is C26H35F2N7. The number of nitrogens with zero attached hydrogens (tertiary/aromatic N) is 4. The lowest BCUT2D eigenvalue weighted by Crippen LogP contribution is -2.55. The number of rotatable bonds is 9. The standard InChI is InChI=1S/C26H35F2N7/c1-25(2)10-19-18(4-5-21(30)20(19)11-29)24(35(25)16-26(28)6-7-26)22-12-32-23(13-31-22)33-17-14-34(15-17)9-3-8-27/h4-5,11-13,17,24,29H,3,6-10,14-16,30H2,1-2H3,(H,32,33)/t24-/m0/s1. The van der Waals surface area contributed by atoms with E-state index >= 15 is 4.39 Å². The molecule has 4 N–H and O–H groups in total. The number of likely N-dealkylation sites (tertiary alicyclic amines) is 1. The molecule has 1 saturated carbocycles. The van der Waals surface area contributed by atoms with E-state index in [1.807, 2.05) is 12.1 Å². The molecule has 35 heavy (non-hydrogen) atoms. The minimum absolute atomic E-state index is 0.275. The Kier molecular flexibility index (Phi) is 6.25. The number of nitrogens with two attached hydrogens (primary N) is 1. The van der Waals surface area contributed by atoms with E-state index in [1.165, 1.54) is 6.21 Å². The lowest BCUT2D eigenvalue weighted by atomic mass is 9.78. The summed E-state index contributed by atoms with van der Waals surface area (Å²) in [5, 5.41) is 11.4. The van der Waals surface area contributed by atoms with Gasteiger partial charge in [-0.1, -0.05) is 6.07 Å². The zero-order valence-electron chi connectivity index (χ0n) is 20.5. The summed E-state index contributed by atoms with van der Waals surface area (Å²) in [7, 11) is 0. The van der Waals surface area contributed by atoms with Gasteiger partial charge in [-0.3, -0.25) is 19.2 Å². The van der Waals surface area contributed by atoms with Crippen LogP contribution in [-0.4, -0.2) is 76.1 Å². The first-order valence-corrected chi connectivity index (χ1v) is 12.5. The largest absolute Gasteiger partial charge is 0.398 e. The monoisotopic (exact) mass is 483 g/mol. The van der Waals surface area contributed by atoms with Crippen LogP contribution in [0.15, 0.2) is 24.5 Å². The smallest absolute Gasteiger partial charge is 0.144 e. The van der Waals surface area contributed by atoms with Gasteiger partial charge in [0.05, 0.1) is 36.8 Å². The van der Waals surface area contributed by atoms with E-state index in [0.717, 1.165) is 42.0 Å². The predicted octanol–water partition coefficient (Wildman–Crippen LogP) is 3.74. The van der Waals surface area contributed by atoms with E-state index in [9.17, 15) is 4.39 Å². The van der Waals surface area contributed by atoms with Crippen LogP contribution in [0.1, 0.15) is 61.5 Å². The summed E-state index contributed by atoms with van der Waals surface area (Å²) in [5.41, 5.74) is 8.82. The molecule has 0 amide bonds. The highest BCUT2D eigenvalue weighted by molar-refractivity contribution is 5.88. The summed E-state index contributed by atoms with van der Waals surface area (Å²) >= 11 is 0. The van der Waals surface area contributed by atoms with Crippen molar-refractivity contribution in [3.05, 3.63) is 46.9 Å². The molecule has 3 aliphatic rings. The van der Waals surface area contributed by atoms with Gasteiger partial charge in [0.1, 0.15) is 11.5 Å². The Morgan fingerprint density at radius 1 is 1.23 bits per heavy atom. The molecule has 1 aromatic carbocycles. The molecule has 1 aliphatic carbocycles. The predicted molar refractivity (Wildman–Crippen MR) is 135 cm³/mol. The van der Waals surface area contributed by atoms with Crippen molar-refractivity contribution in [1.29, 1.82) is 5.41 Å². The van der Waals surface area contributed by atoms with Crippen molar-refractivity contribution in [2.75, 3.05) is 43.9 Å². The van der Waals surface area contributed by atoms with E-state index in [-0.39, 0.29) is 24.3 Å². The van der Waals surface area contributed by atoms with Gasteiger partial charge in [-0.25, -0.2) is 9.37 Å². The van der Waals surface area contributed by atoms with Gasteiger partial charge in [0.15, 0.2) is 0 Å². The molecular weight excluding hydrogens is 448 g/mol. The highest BCUT2D eigenvalue weighted by atomic mass is 19.1. The molecule has 1 atom stereocenters. The summed E-state index contributed by atoms with van der Waals surface area (Å²) in [4.78, 5) is 13.9. The van der Waals surface area contributed by atoms with Gasteiger partial charge in [0.2, 0.25) is 0 Å². The maximum atomic E-state index is 15.1. The second-order valence-corrected chi connectivity index (χ2v) is 10.9. The summed E-state index contributed by atoms with van der Waals surface area (Å²) in [5.74, 6) is 0.701. The fraction of sp³-hybridized carbons (Fsp3) is 0.577. The number of benzene rings is 1. The van der Waals surface area contributed by atoms with Crippen molar-refractivity contribution >= 4 is 17.7 Å². The van der Waals surface area contributed by atoms with Crippen molar-refractivity contribution in [2.24, 2.45) is 0 Å². The first-order valence-electron chi connectivity index (χ1n) is 12.5. The number of hydrogen-bond acceptors (Lipinski definition) is 7. The highest BCUT2D eigenvalue weighted by Crippen LogP contribution is 2.48. The van der Waals surface area contributed by atoms with Crippen LogP contribution in [-0.2, 0) is 6.42 Å². The Bertz CT molecular complexity index is 1080. The number of halogens is 2. The number of anilines is 2. The molecule has 0 bridgehead atoms. The highest BCUT2D eigenvalue weighted by Gasteiger charge is 2.51. The number of alkyl halides is 2. The van der Waals surface area contributed by atoms with Gasteiger partial charge >= 0.3 is 0 Å². The summed E-state index contributed by atoms with van der Waals surface area (Å²) in [6.45, 7) is 6.83. The molecule has 2 aliphatic heterocycles. The van der Waals surface area contributed by atoms with Crippen molar-refractivity contribution in [3.8, 4) is 0 Å². The Hall–Kier alpha value is -2.65. The Balaban J connectivity index is 1.42. The van der Waals surface area contributed by atoms with Gasteiger partial charge in [-0.15, -0.1) is 0 Å². The molecule has 0 unspecified atom stereocenters. The zero-order valence-corrected chi connectivity index (χ0v) is 20.5. The number of aromatic nitrogens is 2. The minimum atomic E-state index is -1.15. The SMILES string of the molecule is CC1(C)Cc2c(ccc(N)c2C=N)[C@@H](c2cnc(NC3CN(CCCF)C3)cn2)N1CC1(F)CC1. The van der Waals surface area contributed by atoms with Crippen molar-refractivity contribution in [3.63, 3.8) is 0 Å². The quantitative estimate of drug-likeness (QED) is 0.372. The molecule has 2 aromatic rings. The summed E-state index contributed by atoms with van der Waals surface area (Å²) in [6, 6.07) is 3.83. The second-order valence-electron chi connectivity index (χ2n) is 10.9. The van der Waals surface area contributed by atoms with Crippen molar-refractivity contribution in [2.45, 2.75) is 62.8 Å². The first kappa shape index (κ1) is 24.1. The van der Waals surface area contributed by atoms with E-state index < -0.39 is 5.67 Å². The zero-order chi connectivity index (χ0) is 24.8. The van der Waals surface area contributed by atoms with E-state index in [4.69, 9.17) is 16.1 Å². The molecule has 188 valence electrons. The van der Waals surface area contributed by atoms with Crippen molar-refractivity contribution < 1.29 is 8.78 Å². The third-order valence-corrected chi connectivity index (χ3v) is 7.68. The lowest BCUT2D eigenvalue weighted by Gasteiger charge is -2.49. The first-order chi connectivity index (χ1) is 16.7. The van der Waals surface area contributed by atoms with Crippen LogP contribution in [0.3, 0.4) is 0 Å². The Morgan fingerprint density at radius 3 is 2.63 bits per heavy atom. The van der Waals surface area contributed by atoms with Gasteiger partial charge in [0, 0.05) is 49.2 Å². The van der Waals surface area contributed by atoms with Crippen LogP contribution < -0.4 is 11.1 Å². The third kappa shape index (κ3) is 4.76. The molecule has 1 saturated heterocycles. The molecule has 0 radical (unpaired) electrons. The topological polar surface area (TPSA) is 94.2 Å². The average molecular weight is 484 g/mol. The molecule has 3 heterocycles.